The molecule has 21 heavy (non-hydrogen) atoms. The van der Waals surface area contributed by atoms with E-state index in [4.69, 9.17) is 16.3 Å². The van der Waals surface area contributed by atoms with Gasteiger partial charge in [0.2, 0.25) is 0 Å². The summed E-state index contributed by atoms with van der Waals surface area (Å²) in [6.45, 7) is 0. The van der Waals surface area contributed by atoms with Crippen LogP contribution in [0.2, 0.25) is 0 Å². The molecular formula is C16H14ClFN2O. The third-order valence-corrected chi connectivity index (χ3v) is 3.52. The molecule has 0 saturated carbocycles. The molecule has 0 unspecified atom stereocenters. The van der Waals surface area contributed by atoms with Gasteiger partial charge in [-0.25, -0.2) is 9.37 Å². The predicted octanol–water partition coefficient (Wildman–Crippen LogP) is 3.95. The largest absolute Gasteiger partial charge is 0.495 e. The number of halogens is 2. The molecule has 0 bridgehead atoms. The fourth-order valence-corrected chi connectivity index (χ4v) is 2.61. The van der Waals surface area contributed by atoms with Gasteiger partial charge in [-0.1, -0.05) is 12.1 Å². The summed E-state index contributed by atoms with van der Waals surface area (Å²) in [6, 6.07) is 12.2. The van der Waals surface area contributed by atoms with Gasteiger partial charge in [0.15, 0.2) is 0 Å². The zero-order valence-electron chi connectivity index (χ0n) is 11.5. The van der Waals surface area contributed by atoms with E-state index in [-0.39, 0.29) is 5.82 Å². The molecular weight excluding hydrogens is 291 g/mol. The Kier molecular flexibility index (Phi) is 3.80. The minimum Gasteiger partial charge on any atom is -0.495 e. The fourth-order valence-electron chi connectivity index (χ4n) is 2.44. The standard InChI is InChI=1S/C16H14ClFN2O/c1-21-15-5-3-2-4-14(15)20-13-7-6-11(18)10-12(13)19-16(20)8-9-17/h2-7,10H,8-9H2,1H3. The van der Waals surface area contributed by atoms with Crippen molar-refractivity contribution in [3.63, 3.8) is 0 Å². The van der Waals surface area contributed by atoms with Crippen LogP contribution in [0.5, 0.6) is 5.75 Å². The Labute approximate surface area is 126 Å². The third kappa shape index (κ3) is 2.47. The average molecular weight is 305 g/mol. The number of fused-ring (bicyclic) bond motifs is 1. The fraction of sp³-hybridized carbons (Fsp3) is 0.188. The average Bonchev–Trinajstić information content (AvgIpc) is 2.84. The van der Waals surface area contributed by atoms with E-state index in [2.05, 4.69) is 4.98 Å². The molecule has 0 amide bonds. The van der Waals surface area contributed by atoms with Gasteiger partial charge in [0, 0.05) is 18.4 Å². The minimum atomic E-state index is -0.301. The van der Waals surface area contributed by atoms with Gasteiger partial charge in [0.25, 0.3) is 0 Å². The first-order valence-electron chi connectivity index (χ1n) is 6.61. The van der Waals surface area contributed by atoms with E-state index >= 15 is 0 Å². The molecule has 0 spiro atoms. The molecule has 1 heterocycles. The highest BCUT2D eigenvalue weighted by atomic mass is 35.5. The summed E-state index contributed by atoms with van der Waals surface area (Å²) < 4.78 is 20.8. The molecule has 2 aromatic carbocycles. The molecule has 108 valence electrons. The quantitative estimate of drug-likeness (QED) is 0.682. The second-order valence-corrected chi connectivity index (χ2v) is 4.99. The van der Waals surface area contributed by atoms with Gasteiger partial charge in [0.1, 0.15) is 17.4 Å². The lowest BCUT2D eigenvalue weighted by atomic mass is 10.2. The number of aryl methyl sites for hydroxylation is 1. The van der Waals surface area contributed by atoms with Crippen LogP contribution in [-0.4, -0.2) is 22.5 Å². The Morgan fingerprint density at radius 3 is 2.81 bits per heavy atom. The van der Waals surface area contributed by atoms with Gasteiger partial charge in [-0.3, -0.25) is 4.57 Å². The number of para-hydroxylation sites is 2. The SMILES string of the molecule is COc1ccccc1-n1c(CCCl)nc2cc(F)ccc21. The van der Waals surface area contributed by atoms with Crippen LogP contribution in [0.4, 0.5) is 4.39 Å². The molecule has 1 aromatic heterocycles. The van der Waals surface area contributed by atoms with Crippen molar-refractivity contribution in [2.45, 2.75) is 6.42 Å². The number of rotatable bonds is 4. The van der Waals surface area contributed by atoms with Crippen LogP contribution in [-0.2, 0) is 6.42 Å². The summed E-state index contributed by atoms with van der Waals surface area (Å²) in [6.07, 6.45) is 0.593. The number of ether oxygens (including phenoxy) is 1. The first kappa shape index (κ1) is 13.9. The number of alkyl halides is 1. The van der Waals surface area contributed by atoms with Crippen LogP contribution >= 0.6 is 11.6 Å². The zero-order valence-corrected chi connectivity index (χ0v) is 12.3. The van der Waals surface area contributed by atoms with Gasteiger partial charge in [0.05, 0.1) is 23.8 Å². The van der Waals surface area contributed by atoms with Crippen LogP contribution < -0.4 is 4.74 Å². The van der Waals surface area contributed by atoms with Crippen molar-refractivity contribution in [2.75, 3.05) is 13.0 Å². The van der Waals surface area contributed by atoms with Gasteiger partial charge in [-0.2, -0.15) is 0 Å². The topological polar surface area (TPSA) is 27.1 Å². The van der Waals surface area contributed by atoms with Crippen molar-refractivity contribution in [3.05, 3.63) is 54.1 Å². The molecule has 3 rings (SSSR count). The van der Waals surface area contributed by atoms with E-state index in [0.717, 1.165) is 22.8 Å². The summed E-state index contributed by atoms with van der Waals surface area (Å²) in [5.41, 5.74) is 2.32. The van der Waals surface area contributed by atoms with Gasteiger partial charge < -0.3 is 4.74 Å². The van der Waals surface area contributed by atoms with E-state index in [1.165, 1.54) is 12.1 Å². The summed E-state index contributed by atoms with van der Waals surface area (Å²) in [7, 11) is 1.62. The highest BCUT2D eigenvalue weighted by molar-refractivity contribution is 6.17. The highest BCUT2D eigenvalue weighted by Gasteiger charge is 2.15. The van der Waals surface area contributed by atoms with Crippen LogP contribution in [0, 0.1) is 5.82 Å². The molecule has 0 aliphatic heterocycles. The second kappa shape index (κ2) is 5.74. The molecule has 0 aliphatic carbocycles. The third-order valence-electron chi connectivity index (χ3n) is 3.33. The number of nitrogens with zero attached hydrogens (tertiary/aromatic N) is 2. The molecule has 3 nitrogen and oxygen atoms in total. The smallest absolute Gasteiger partial charge is 0.142 e. The monoisotopic (exact) mass is 304 g/mol. The maximum Gasteiger partial charge on any atom is 0.142 e. The number of hydrogen-bond donors (Lipinski definition) is 0. The van der Waals surface area contributed by atoms with Crippen molar-refractivity contribution >= 4 is 22.6 Å². The summed E-state index contributed by atoms with van der Waals surface area (Å²) >= 11 is 5.87. The van der Waals surface area contributed by atoms with E-state index in [1.807, 2.05) is 28.8 Å². The van der Waals surface area contributed by atoms with Crippen LogP contribution in [0.3, 0.4) is 0 Å². The first-order chi connectivity index (χ1) is 10.2. The van der Waals surface area contributed by atoms with Crippen molar-refractivity contribution in [3.8, 4) is 11.4 Å². The molecule has 3 aromatic rings. The summed E-state index contributed by atoms with van der Waals surface area (Å²) in [5, 5.41) is 0. The Bertz CT molecular complexity index is 785. The maximum atomic E-state index is 13.4. The Hall–Kier alpha value is -2.07. The van der Waals surface area contributed by atoms with Crippen LogP contribution in [0.15, 0.2) is 42.5 Å². The predicted molar refractivity (Wildman–Crippen MR) is 82.0 cm³/mol. The lowest BCUT2D eigenvalue weighted by Crippen LogP contribution is -2.04. The van der Waals surface area contributed by atoms with E-state index < -0.39 is 0 Å². The van der Waals surface area contributed by atoms with Crippen molar-refractivity contribution < 1.29 is 9.13 Å². The molecule has 0 atom stereocenters. The molecule has 0 fully saturated rings. The van der Waals surface area contributed by atoms with Crippen LogP contribution in [0.25, 0.3) is 16.7 Å². The van der Waals surface area contributed by atoms with E-state index in [9.17, 15) is 4.39 Å². The Morgan fingerprint density at radius 2 is 2.05 bits per heavy atom. The number of aromatic nitrogens is 2. The molecule has 0 N–H and O–H groups in total. The Balaban J connectivity index is 2.31. The molecule has 0 aliphatic rings. The lowest BCUT2D eigenvalue weighted by molar-refractivity contribution is 0.413. The second-order valence-electron chi connectivity index (χ2n) is 4.61. The highest BCUT2D eigenvalue weighted by Crippen LogP contribution is 2.29. The molecule has 0 saturated heterocycles. The van der Waals surface area contributed by atoms with E-state index in [1.54, 1.807) is 13.2 Å². The van der Waals surface area contributed by atoms with Gasteiger partial charge in [-0.15, -0.1) is 11.6 Å². The number of methoxy groups -OCH3 is 1. The zero-order chi connectivity index (χ0) is 14.8. The van der Waals surface area contributed by atoms with Gasteiger partial charge >= 0.3 is 0 Å². The van der Waals surface area contributed by atoms with Crippen molar-refractivity contribution in [2.24, 2.45) is 0 Å². The molecule has 0 radical (unpaired) electrons. The maximum absolute atomic E-state index is 13.4. The summed E-state index contributed by atoms with van der Waals surface area (Å²) in [5.74, 6) is 1.66. The first-order valence-corrected chi connectivity index (χ1v) is 7.14. The summed E-state index contributed by atoms with van der Waals surface area (Å²) in [4.78, 5) is 4.50. The number of hydrogen-bond acceptors (Lipinski definition) is 2. The number of imidazole rings is 1. The van der Waals surface area contributed by atoms with Crippen molar-refractivity contribution in [1.82, 2.24) is 9.55 Å². The van der Waals surface area contributed by atoms with E-state index in [0.29, 0.717) is 17.8 Å². The van der Waals surface area contributed by atoms with Crippen LogP contribution in [0.1, 0.15) is 5.82 Å². The number of benzene rings is 2. The minimum absolute atomic E-state index is 0.301. The molecule has 5 heteroatoms. The Morgan fingerprint density at radius 1 is 1.24 bits per heavy atom. The van der Waals surface area contributed by atoms with Gasteiger partial charge in [-0.05, 0) is 24.3 Å². The lowest BCUT2D eigenvalue weighted by Gasteiger charge is -2.12. The van der Waals surface area contributed by atoms with Crippen molar-refractivity contribution in [1.29, 1.82) is 0 Å². The normalized spacial score (nSPS) is 11.0.